The van der Waals surface area contributed by atoms with E-state index in [9.17, 15) is 4.79 Å². The largest absolute Gasteiger partial charge is 0.376 e. The van der Waals surface area contributed by atoms with Crippen LogP contribution in [0.1, 0.15) is 23.8 Å². The first kappa shape index (κ1) is 12.0. The number of ether oxygens (including phenoxy) is 1. The zero-order valence-corrected chi connectivity index (χ0v) is 9.80. The van der Waals surface area contributed by atoms with Gasteiger partial charge in [-0.2, -0.15) is 0 Å². The fraction of sp³-hybridized carbons (Fsp3) is 0.700. The lowest BCUT2D eigenvalue weighted by atomic mass is 10.1. The van der Waals surface area contributed by atoms with Crippen molar-refractivity contribution < 1.29 is 9.53 Å². The average Bonchev–Trinajstić information content (AvgIpc) is 2.90. The number of carbonyl (C=O) groups is 1. The number of nitrogens with zero attached hydrogens (tertiary/aromatic N) is 3. The molecule has 0 aliphatic carbocycles. The van der Waals surface area contributed by atoms with Crippen LogP contribution in [-0.2, 0) is 11.3 Å². The van der Waals surface area contributed by atoms with Crippen molar-refractivity contribution in [1.82, 2.24) is 20.3 Å². The summed E-state index contributed by atoms with van der Waals surface area (Å²) in [7, 11) is 0. The van der Waals surface area contributed by atoms with Gasteiger partial charge in [0.1, 0.15) is 0 Å². The third kappa shape index (κ3) is 2.80. The van der Waals surface area contributed by atoms with Gasteiger partial charge in [-0.05, 0) is 13.3 Å². The van der Waals surface area contributed by atoms with Crippen molar-refractivity contribution in [1.29, 1.82) is 0 Å². The van der Waals surface area contributed by atoms with Crippen molar-refractivity contribution in [3.63, 3.8) is 0 Å². The summed E-state index contributed by atoms with van der Waals surface area (Å²) in [4.78, 5) is 11.9. The molecule has 1 aromatic heterocycles. The van der Waals surface area contributed by atoms with Crippen molar-refractivity contribution >= 4 is 5.91 Å². The number of hydrogen-bond donors (Lipinski definition) is 2. The summed E-state index contributed by atoms with van der Waals surface area (Å²) >= 11 is 0. The molecule has 17 heavy (non-hydrogen) atoms. The summed E-state index contributed by atoms with van der Waals surface area (Å²) in [5, 5.41) is 10.5. The molecule has 2 unspecified atom stereocenters. The van der Waals surface area contributed by atoms with Gasteiger partial charge in [-0.15, -0.1) is 5.10 Å². The smallest absolute Gasteiger partial charge is 0.273 e. The van der Waals surface area contributed by atoms with E-state index in [1.807, 2.05) is 6.92 Å². The summed E-state index contributed by atoms with van der Waals surface area (Å²) in [6.45, 7) is 3.66. The minimum Gasteiger partial charge on any atom is -0.376 e. The molecule has 94 valence electrons. The van der Waals surface area contributed by atoms with E-state index in [4.69, 9.17) is 10.5 Å². The molecular weight excluding hydrogens is 222 g/mol. The molecule has 1 fully saturated rings. The highest BCUT2D eigenvalue weighted by atomic mass is 16.5. The zero-order chi connectivity index (χ0) is 12.3. The first-order valence-electron chi connectivity index (χ1n) is 5.73. The van der Waals surface area contributed by atoms with Crippen LogP contribution in [0.3, 0.4) is 0 Å². The highest BCUT2D eigenvalue weighted by Gasteiger charge is 2.26. The lowest BCUT2D eigenvalue weighted by molar-refractivity contribution is 0.0862. The first-order chi connectivity index (χ1) is 8.20. The van der Waals surface area contributed by atoms with Gasteiger partial charge in [0.15, 0.2) is 5.69 Å². The van der Waals surface area contributed by atoms with E-state index in [2.05, 4.69) is 15.6 Å². The molecule has 0 aromatic carbocycles. The number of carbonyl (C=O) groups excluding carboxylic acids is 1. The van der Waals surface area contributed by atoms with Crippen LogP contribution in [0, 0.1) is 0 Å². The van der Waals surface area contributed by atoms with E-state index >= 15 is 0 Å². The summed E-state index contributed by atoms with van der Waals surface area (Å²) < 4.78 is 6.93. The average molecular weight is 239 g/mol. The molecule has 1 aromatic rings. The predicted molar refractivity (Wildman–Crippen MR) is 60.4 cm³/mol. The molecule has 0 radical (unpaired) electrons. The Morgan fingerprint density at radius 3 is 3.24 bits per heavy atom. The summed E-state index contributed by atoms with van der Waals surface area (Å²) in [5.41, 5.74) is 5.71. The maximum absolute atomic E-state index is 11.9. The number of hydrogen-bond acceptors (Lipinski definition) is 5. The molecule has 0 bridgehead atoms. The maximum Gasteiger partial charge on any atom is 0.273 e. The molecule has 1 amide bonds. The summed E-state index contributed by atoms with van der Waals surface area (Å²) in [5.74, 6) is -0.212. The third-order valence-corrected chi connectivity index (χ3v) is 2.82. The molecular formula is C10H17N5O2. The van der Waals surface area contributed by atoms with Crippen LogP contribution < -0.4 is 11.1 Å². The molecule has 7 nitrogen and oxygen atoms in total. The molecule has 7 heteroatoms. The highest BCUT2D eigenvalue weighted by Crippen LogP contribution is 2.12. The highest BCUT2D eigenvalue weighted by molar-refractivity contribution is 5.92. The molecule has 3 N–H and O–H groups in total. The Hall–Kier alpha value is -1.47. The fourth-order valence-electron chi connectivity index (χ4n) is 1.81. The van der Waals surface area contributed by atoms with E-state index in [1.165, 1.54) is 0 Å². The minimum absolute atomic E-state index is 0.0537. The number of nitrogens with one attached hydrogen (secondary N) is 1. The Morgan fingerprint density at radius 1 is 1.76 bits per heavy atom. The Labute approximate surface area is 99.3 Å². The second-order valence-electron chi connectivity index (χ2n) is 4.10. The minimum atomic E-state index is -0.212. The summed E-state index contributed by atoms with van der Waals surface area (Å²) in [6, 6.07) is 0.0576. The Kier molecular flexibility index (Phi) is 3.70. The van der Waals surface area contributed by atoms with Crippen molar-refractivity contribution in [2.24, 2.45) is 5.73 Å². The van der Waals surface area contributed by atoms with E-state index in [1.54, 1.807) is 10.9 Å². The van der Waals surface area contributed by atoms with E-state index < -0.39 is 0 Å². The molecule has 1 saturated heterocycles. The van der Waals surface area contributed by atoms with Gasteiger partial charge < -0.3 is 15.8 Å². The predicted octanol–water partition coefficient (Wildman–Crippen LogP) is -0.856. The van der Waals surface area contributed by atoms with Crippen LogP contribution in [0.4, 0.5) is 0 Å². The Balaban J connectivity index is 1.94. The molecule has 1 aliphatic heterocycles. The summed E-state index contributed by atoms with van der Waals surface area (Å²) in [6.07, 6.45) is 2.49. The van der Waals surface area contributed by atoms with Gasteiger partial charge in [-0.25, -0.2) is 0 Å². The van der Waals surface area contributed by atoms with Crippen molar-refractivity contribution in [3.8, 4) is 0 Å². The first-order valence-corrected chi connectivity index (χ1v) is 5.73. The standard InChI is InChI=1S/C10H17N5O2/c1-7-8(2-5-17-7)12-10(16)9-6-15(4-3-11)14-13-9/h6-8H,2-5,11H2,1H3,(H,12,16). The van der Waals surface area contributed by atoms with E-state index in [-0.39, 0.29) is 18.1 Å². The van der Waals surface area contributed by atoms with Gasteiger partial charge in [0.05, 0.1) is 24.9 Å². The molecule has 0 spiro atoms. The monoisotopic (exact) mass is 239 g/mol. The number of nitrogens with two attached hydrogens (primary N) is 1. The van der Waals surface area contributed by atoms with Gasteiger partial charge in [0.25, 0.3) is 5.91 Å². The zero-order valence-electron chi connectivity index (χ0n) is 9.80. The normalized spacial score (nSPS) is 23.9. The molecule has 2 heterocycles. The Bertz CT molecular complexity index is 392. The molecule has 2 rings (SSSR count). The molecule has 2 atom stereocenters. The van der Waals surface area contributed by atoms with Crippen LogP contribution >= 0.6 is 0 Å². The van der Waals surface area contributed by atoms with Crippen LogP contribution in [0.5, 0.6) is 0 Å². The van der Waals surface area contributed by atoms with Crippen LogP contribution in [0.25, 0.3) is 0 Å². The van der Waals surface area contributed by atoms with Crippen LogP contribution in [0.15, 0.2) is 6.20 Å². The van der Waals surface area contributed by atoms with E-state index in [0.717, 1.165) is 6.42 Å². The van der Waals surface area contributed by atoms with Gasteiger partial charge >= 0.3 is 0 Å². The second-order valence-corrected chi connectivity index (χ2v) is 4.10. The SMILES string of the molecule is CC1OCCC1NC(=O)c1cn(CCN)nn1. The van der Waals surface area contributed by atoms with Crippen molar-refractivity contribution in [3.05, 3.63) is 11.9 Å². The lowest BCUT2D eigenvalue weighted by Crippen LogP contribution is -2.39. The number of rotatable bonds is 4. The van der Waals surface area contributed by atoms with Gasteiger partial charge in [0.2, 0.25) is 0 Å². The van der Waals surface area contributed by atoms with Crippen LogP contribution in [0.2, 0.25) is 0 Å². The molecule has 0 saturated carbocycles. The van der Waals surface area contributed by atoms with E-state index in [0.29, 0.717) is 25.4 Å². The fourth-order valence-corrected chi connectivity index (χ4v) is 1.81. The Morgan fingerprint density at radius 2 is 2.59 bits per heavy atom. The number of aromatic nitrogens is 3. The number of amides is 1. The lowest BCUT2D eigenvalue weighted by Gasteiger charge is -2.14. The van der Waals surface area contributed by atoms with Crippen LogP contribution in [-0.4, -0.2) is 46.2 Å². The molecule has 1 aliphatic rings. The maximum atomic E-state index is 11.9. The van der Waals surface area contributed by atoms with Crippen molar-refractivity contribution in [2.45, 2.75) is 32.0 Å². The van der Waals surface area contributed by atoms with Crippen molar-refractivity contribution in [2.75, 3.05) is 13.2 Å². The third-order valence-electron chi connectivity index (χ3n) is 2.82. The second kappa shape index (κ2) is 5.24. The topological polar surface area (TPSA) is 95.1 Å². The quantitative estimate of drug-likeness (QED) is 0.713. The van der Waals surface area contributed by atoms with Gasteiger partial charge in [0, 0.05) is 13.2 Å². The van der Waals surface area contributed by atoms with Gasteiger partial charge in [-0.1, -0.05) is 5.21 Å². The van der Waals surface area contributed by atoms with Gasteiger partial charge in [-0.3, -0.25) is 9.48 Å².